The molecule has 0 fully saturated rings. The van der Waals surface area contributed by atoms with E-state index in [0.717, 1.165) is 29.7 Å². The molecule has 4 rings (SSSR count). The van der Waals surface area contributed by atoms with E-state index < -0.39 is 24.5 Å². The van der Waals surface area contributed by atoms with Gasteiger partial charge in [-0.05, 0) is 51.7 Å². The van der Waals surface area contributed by atoms with Crippen molar-refractivity contribution in [1.82, 2.24) is 14.8 Å². The number of hydrogen-bond acceptors (Lipinski definition) is 8. The number of nitrogens with zero attached hydrogens (tertiary/aromatic N) is 3. The van der Waals surface area contributed by atoms with Crippen LogP contribution in [0.3, 0.4) is 0 Å². The number of amides is 1. The van der Waals surface area contributed by atoms with Crippen LogP contribution in [0, 0.1) is 13.8 Å². The van der Waals surface area contributed by atoms with Crippen LogP contribution in [-0.2, 0) is 34.2 Å². The molecule has 10 heteroatoms. The number of fused-ring (bicyclic) bond motifs is 2. The summed E-state index contributed by atoms with van der Waals surface area (Å²) in [6, 6.07) is 1.62. The van der Waals surface area contributed by atoms with Gasteiger partial charge in [0.15, 0.2) is 12.3 Å². The molecule has 3 aromatic heterocycles. The highest BCUT2D eigenvalue weighted by molar-refractivity contribution is 7.17. The lowest BCUT2D eigenvalue weighted by atomic mass is 10.1. The number of nitrogens with one attached hydrogen (secondary N) is 1. The van der Waals surface area contributed by atoms with Crippen LogP contribution in [-0.4, -0.2) is 45.8 Å². The molecule has 1 aliphatic carbocycles. The van der Waals surface area contributed by atoms with Crippen molar-refractivity contribution in [2.45, 2.75) is 40.0 Å². The van der Waals surface area contributed by atoms with Crippen molar-refractivity contribution in [1.29, 1.82) is 0 Å². The maximum absolute atomic E-state index is 12.8. The van der Waals surface area contributed by atoms with E-state index in [9.17, 15) is 14.4 Å². The molecule has 1 N–H and O–H groups in total. The number of carbonyl (C=O) groups excluding carboxylic acids is 3. The fraction of sp³-hybridized carbons (Fsp3) is 0.409. The number of aryl methyl sites for hydroxylation is 4. The molecule has 0 bridgehead atoms. The number of rotatable bonds is 6. The van der Waals surface area contributed by atoms with Crippen molar-refractivity contribution in [3.05, 3.63) is 39.0 Å². The standard InChI is InChI=1S/C22H24N4O5S/c1-5-30-22(29)18-13-7-6-8-15(13)32-20(18)24-16(27)10-31-21(28)14-9-11(2)23-19-17(14)12(3)25-26(19)4/h9H,5-8,10H2,1-4H3,(H,24,27). The Morgan fingerprint density at radius 1 is 1.19 bits per heavy atom. The van der Waals surface area contributed by atoms with Gasteiger partial charge in [-0.2, -0.15) is 5.10 Å². The second-order valence-electron chi connectivity index (χ2n) is 7.63. The Balaban J connectivity index is 1.50. The lowest BCUT2D eigenvalue weighted by molar-refractivity contribution is -0.119. The Hall–Kier alpha value is -3.27. The van der Waals surface area contributed by atoms with Gasteiger partial charge < -0.3 is 14.8 Å². The zero-order valence-corrected chi connectivity index (χ0v) is 19.2. The molecule has 1 amide bonds. The van der Waals surface area contributed by atoms with E-state index in [1.54, 1.807) is 38.6 Å². The first-order chi connectivity index (χ1) is 15.3. The molecule has 0 aromatic carbocycles. The van der Waals surface area contributed by atoms with Crippen LogP contribution in [0.2, 0.25) is 0 Å². The summed E-state index contributed by atoms with van der Waals surface area (Å²) in [7, 11) is 1.75. The molecule has 0 atom stereocenters. The third kappa shape index (κ3) is 3.97. The van der Waals surface area contributed by atoms with Crippen molar-refractivity contribution < 1.29 is 23.9 Å². The van der Waals surface area contributed by atoms with Crippen molar-refractivity contribution in [3.8, 4) is 0 Å². The van der Waals surface area contributed by atoms with E-state index in [1.165, 1.54) is 11.3 Å². The zero-order chi connectivity index (χ0) is 23.0. The summed E-state index contributed by atoms with van der Waals surface area (Å²) in [5.74, 6) is -1.60. The fourth-order valence-corrected chi connectivity index (χ4v) is 5.31. The summed E-state index contributed by atoms with van der Waals surface area (Å²) >= 11 is 1.38. The van der Waals surface area contributed by atoms with E-state index in [-0.39, 0.29) is 6.61 Å². The molecule has 9 nitrogen and oxygen atoms in total. The van der Waals surface area contributed by atoms with Crippen LogP contribution in [0.4, 0.5) is 5.00 Å². The van der Waals surface area contributed by atoms with E-state index >= 15 is 0 Å². The molecule has 168 valence electrons. The van der Waals surface area contributed by atoms with Crippen molar-refractivity contribution in [2.75, 3.05) is 18.5 Å². The van der Waals surface area contributed by atoms with Gasteiger partial charge in [-0.3, -0.25) is 9.48 Å². The van der Waals surface area contributed by atoms with Crippen molar-refractivity contribution in [2.24, 2.45) is 7.05 Å². The summed E-state index contributed by atoms with van der Waals surface area (Å²) < 4.78 is 12.1. The Morgan fingerprint density at radius 3 is 2.72 bits per heavy atom. The smallest absolute Gasteiger partial charge is 0.341 e. The van der Waals surface area contributed by atoms with Gasteiger partial charge in [-0.1, -0.05) is 0 Å². The summed E-state index contributed by atoms with van der Waals surface area (Å²) in [6.07, 6.45) is 2.64. The first-order valence-electron chi connectivity index (χ1n) is 10.4. The van der Waals surface area contributed by atoms with Crippen LogP contribution in [0.15, 0.2) is 6.07 Å². The molecule has 0 unspecified atom stereocenters. The second kappa shape index (κ2) is 8.70. The number of esters is 2. The van der Waals surface area contributed by atoms with Crippen LogP contribution in [0.5, 0.6) is 0 Å². The van der Waals surface area contributed by atoms with E-state index in [4.69, 9.17) is 9.47 Å². The summed E-state index contributed by atoms with van der Waals surface area (Å²) in [5, 5.41) is 8.08. The van der Waals surface area contributed by atoms with Gasteiger partial charge >= 0.3 is 11.9 Å². The first-order valence-corrected chi connectivity index (χ1v) is 11.2. The lowest BCUT2D eigenvalue weighted by Gasteiger charge is -2.09. The quantitative estimate of drug-likeness (QED) is 0.567. The molecule has 3 heterocycles. The first kappa shape index (κ1) is 21.9. The fourth-order valence-electron chi connectivity index (χ4n) is 4.01. The number of hydrogen-bond donors (Lipinski definition) is 1. The van der Waals surface area contributed by atoms with E-state index in [2.05, 4.69) is 15.4 Å². The number of anilines is 1. The molecule has 0 saturated heterocycles. The van der Waals surface area contributed by atoms with Gasteiger partial charge in [-0.15, -0.1) is 11.3 Å². The molecule has 0 saturated carbocycles. The van der Waals surface area contributed by atoms with Gasteiger partial charge in [0.25, 0.3) is 5.91 Å². The minimum Gasteiger partial charge on any atom is -0.462 e. The normalized spacial score (nSPS) is 12.6. The molecule has 0 aliphatic heterocycles. The largest absolute Gasteiger partial charge is 0.462 e. The maximum atomic E-state index is 12.8. The minimum atomic E-state index is -0.633. The number of pyridine rings is 1. The Labute approximate surface area is 188 Å². The Morgan fingerprint density at radius 2 is 1.97 bits per heavy atom. The van der Waals surface area contributed by atoms with Crippen LogP contribution >= 0.6 is 11.3 Å². The molecule has 0 spiro atoms. The average molecular weight is 457 g/mol. The van der Waals surface area contributed by atoms with Gasteiger partial charge in [-0.25, -0.2) is 14.6 Å². The summed E-state index contributed by atoms with van der Waals surface area (Å²) in [4.78, 5) is 43.3. The van der Waals surface area contributed by atoms with Gasteiger partial charge in [0, 0.05) is 17.6 Å². The topological polar surface area (TPSA) is 112 Å². The predicted octanol–water partition coefficient (Wildman–Crippen LogP) is 3.11. The summed E-state index contributed by atoms with van der Waals surface area (Å²) in [6.45, 7) is 5.08. The number of aromatic nitrogens is 3. The van der Waals surface area contributed by atoms with Crippen LogP contribution in [0.1, 0.15) is 55.9 Å². The van der Waals surface area contributed by atoms with Crippen LogP contribution < -0.4 is 5.32 Å². The molecule has 0 radical (unpaired) electrons. The highest BCUT2D eigenvalue weighted by atomic mass is 32.1. The Kier molecular flexibility index (Phi) is 5.96. The Bertz CT molecular complexity index is 1240. The number of thiophene rings is 1. The number of ether oxygens (including phenoxy) is 2. The van der Waals surface area contributed by atoms with Gasteiger partial charge in [0.2, 0.25) is 0 Å². The van der Waals surface area contributed by atoms with Crippen molar-refractivity contribution in [3.63, 3.8) is 0 Å². The van der Waals surface area contributed by atoms with Gasteiger partial charge in [0.1, 0.15) is 5.00 Å². The third-order valence-corrected chi connectivity index (χ3v) is 6.51. The zero-order valence-electron chi connectivity index (χ0n) is 18.4. The van der Waals surface area contributed by atoms with Crippen molar-refractivity contribution >= 4 is 45.2 Å². The molecular weight excluding hydrogens is 432 g/mol. The third-order valence-electron chi connectivity index (χ3n) is 5.30. The summed E-state index contributed by atoms with van der Waals surface area (Å²) in [5.41, 5.74) is 3.55. The highest BCUT2D eigenvalue weighted by Crippen LogP contribution is 2.39. The minimum absolute atomic E-state index is 0.252. The molecular formula is C22H24N4O5S. The molecule has 32 heavy (non-hydrogen) atoms. The second-order valence-corrected chi connectivity index (χ2v) is 8.73. The van der Waals surface area contributed by atoms with E-state index in [1.807, 2.05) is 0 Å². The van der Waals surface area contributed by atoms with E-state index in [0.29, 0.717) is 38.5 Å². The highest BCUT2D eigenvalue weighted by Gasteiger charge is 2.28. The molecule has 1 aliphatic rings. The average Bonchev–Trinajstić information content (AvgIpc) is 3.39. The van der Waals surface area contributed by atoms with Crippen LogP contribution in [0.25, 0.3) is 11.0 Å². The van der Waals surface area contributed by atoms with Gasteiger partial charge in [0.05, 0.1) is 28.8 Å². The monoisotopic (exact) mass is 456 g/mol. The maximum Gasteiger partial charge on any atom is 0.341 e. The predicted molar refractivity (Wildman–Crippen MR) is 119 cm³/mol. The SMILES string of the molecule is CCOC(=O)c1c(NC(=O)COC(=O)c2cc(C)nc3c2c(C)nn3C)sc2c1CCC2. The number of carbonyl (C=O) groups is 3. The molecule has 3 aromatic rings. The lowest BCUT2D eigenvalue weighted by Crippen LogP contribution is -2.22.